The highest BCUT2D eigenvalue weighted by Gasteiger charge is 2.19. The van der Waals surface area contributed by atoms with Gasteiger partial charge in [0.1, 0.15) is 12.1 Å². The van der Waals surface area contributed by atoms with Gasteiger partial charge in [-0.25, -0.2) is 14.6 Å². The van der Waals surface area contributed by atoms with Crippen molar-refractivity contribution in [2.24, 2.45) is 0 Å². The van der Waals surface area contributed by atoms with Crippen molar-refractivity contribution in [3.63, 3.8) is 0 Å². The second-order valence-electron chi connectivity index (χ2n) is 5.66. The maximum atomic E-state index is 5.93. The molecule has 4 rings (SSSR count). The van der Waals surface area contributed by atoms with E-state index in [0.29, 0.717) is 11.1 Å². The van der Waals surface area contributed by atoms with Gasteiger partial charge in [0.05, 0.1) is 17.6 Å². The molecule has 7 heteroatoms. The highest BCUT2D eigenvalue weighted by Crippen LogP contribution is 2.27. The molecule has 0 spiro atoms. The Balaban J connectivity index is 1.68. The number of anilines is 2. The summed E-state index contributed by atoms with van der Waals surface area (Å²) in [6.45, 7) is 2.04. The van der Waals surface area contributed by atoms with Crippen LogP contribution in [-0.4, -0.2) is 32.8 Å². The molecular formula is C16H17ClN6. The van der Waals surface area contributed by atoms with Crippen LogP contribution in [0.5, 0.6) is 0 Å². The number of aromatic nitrogens is 4. The first-order valence-electron chi connectivity index (χ1n) is 7.73. The van der Waals surface area contributed by atoms with Crippen LogP contribution in [0.2, 0.25) is 5.02 Å². The third kappa shape index (κ3) is 2.87. The summed E-state index contributed by atoms with van der Waals surface area (Å²) >= 11 is 5.93. The van der Waals surface area contributed by atoms with Crippen molar-refractivity contribution in [2.45, 2.75) is 18.9 Å². The SMILES string of the molecule is Clc1ccc(Nc2ncnc3c2cnn3C2CCNCC2)cc1. The number of hydrogen-bond acceptors (Lipinski definition) is 5. The molecule has 0 aliphatic carbocycles. The largest absolute Gasteiger partial charge is 0.340 e. The zero-order valence-corrected chi connectivity index (χ0v) is 13.3. The van der Waals surface area contributed by atoms with Crippen LogP contribution in [0.3, 0.4) is 0 Å². The van der Waals surface area contributed by atoms with Gasteiger partial charge in [0.15, 0.2) is 5.65 Å². The Morgan fingerprint density at radius 1 is 1.13 bits per heavy atom. The van der Waals surface area contributed by atoms with Crippen LogP contribution >= 0.6 is 11.6 Å². The lowest BCUT2D eigenvalue weighted by Gasteiger charge is -2.23. The van der Waals surface area contributed by atoms with Gasteiger partial charge in [-0.05, 0) is 50.2 Å². The molecule has 3 aromatic rings. The number of halogens is 1. The number of fused-ring (bicyclic) bond motifs is 1. The van der Waals surface area contributed by atoms with E-state index in [4.69, 9.17) is 11.6 Å². The second kappa shape index (κ2) is 6.14. The summed E-state index contributed by atoms with van der Waals surface area (Å²) in [5, 5.41) is 12.9. The summed E-state index contributed by atoms with van der Waals surface area (Å²) in [5.74, 6) is 0.762. The predicted molar refractivity (Wildman–Crippen MR) is 91.2 cm³/mol. The third-order valence-electron chi connectivity index (χ3n) is 4.15. The standard InChI is InChI=1S/C16H17ClN6/c17-11-1-3-12(4-2-11)22-15-14-9-21-23(16(14)20-10-19-15)13-5-7-18-8-6-13/h1-4,9-10,13,18H,5-8H2,(H,19,20,22). The Bertz CT molecular complexity index is 807. The molecule has 0 radical (unpaired) electrons. The van der Waals surface area contributed by atoms with Gasteiger partial charge in [-0.2, -0.15) is 5.10 Å². The lowest BCUT2D eigenvalue weighted by molar-refractivity contribution is 0.349. The molecule has 6 nitrogen and oxygen atoms in total. The molecule has 0 saturated carbocycles. The highest BCUT2D eigenvalue weighted by molar-refractivity contribution is 6.30. The van der Waals surface area contributed by atoms with Gasteiger partial charge in [-0.1, -0.05) is 11.6 Å². The molecule has 1 saturated heterocycles. The molecule has 1 aliphatic heterocycles. The number of nitrogens with zero attached hydrogens (tertiary/aromatic N) is 4. The van der Waals surface area contributed by atoms with Crippen LogP contribution in [0, 0.1) is 0 Å². The van der Waals surface area contributed by atoms with Crippen LogP contribution in [0.25, 0.3) is 11.0 Å². The average molecular weight is 329 g/mol. The van der Waals surface area contributed by atoms with E-state index in [1.165, 1.54) is 0 Å². The third-order valence-corrected chi connectivity index (χ3v) is 4.40. The summed E-state index contributed by atoms with van der Waals surface area (Å²) in [6, 6.07) is 7.94. The van der Waals surface area contributed by atoms with Gasteiger partial charge < -0.3 is 10.6 Å². The normalized spacial score (nSPS) is 15.9. The minimum Gasteiger partial charge on any atom is -0.340 e. The van der Waals surface area contributed by atoms with Crippen molar-refractivity contribution in [1.82, 2.24) is 25.1 Å². The zero-order chi connectivity index (χ0) is 15.6. The van der Waals surface area contributed by atoms with E-state index in [2.05, 4.69) is 25.7 Å². The van der Waals surface area contributed by atoms with Gasteiger partial charge in [0.2, 0.25) is 0 Å². The van der Waals surface area contributed by atoms with E-state index in [-0.39, 0.29) is 0 Å². The van der Waals surface area contributed by atoms with Crippen LogP contribution in [0.15, 0.2) is 36.8 Å². The summed E-state index contributed by atoms with van der Waals surface area (Å²) in [7, 11) is 0. The fraction of sp³-hybridized carbons (Fsp3) is 0.312. The van der Waals surface area contributed by atoms with E-state index in [1.54, 1.807) is 6.33 Å². The van der Waals surface area contributed by atoms with Gasteiger partial charge in [0, 0.05) is 10.7 Å². The van der Waals surface area contributed by atoms with Gasteiger partial charge in [-0.15, -0.1) is 0 Å². The summed E-state index contributed by atoms with van der Waals surface area (Å²) < 4.78 is 2.03. The average Bonchev–Trinajstić information content (AvgIpc) is 3.03. The Kier molecular flexibility index (Phi) is 3.85. The number of benzene rings is 1. The Hall–Kier alpha value is -2.18. The van der Waals surface area contributed by atoms with Crippen molar-refractivity contribution in [3.8, 4) is 0 Å². The van der Waals surface area contributed by atoms with Crippen molar-refractivity contribution >= 4 is 34.1 Å². The molecule has 2 aromatic heterocycles. The molecule has 1 fully saturated rings. The summed E-state index contributed by atoms with van der Waals surface area (Å²) in [4.78, 5) is 8.80. The molecule has 23 heavy (non-hydrogen) atoms. The smallest absolute Gasteiger partial charge is 0.163 e. The van der Waals surface area contributed by atoms with Gasteiger partial charge in [-0.3, -0.25) is 0 Å². The van der Waals surface area contributed by atoms with Crippen LogP contribution in [-0.2, 0) is 0 Å². The molecule has 118 valence electrons. The fourth-order valence-electron chi connectivity index (χ4n) is 2.95. The molecule has 0 unspecified atom stereocenters. The lowest BCUT2D eigenvalue weighted by Crippen LogP contribution is -2.29. The molecule has 1 aromatic carbocycles. The van der Waals surface area contributed by atoms with E-state index >= 15 is 0 Å². The first kappa shape index (κ1) is 14.4. The first-order valence-corrected chi connectivity index (χ1v) is 8.10. The number of nitrogens with one attached hydrogen (secondary N) is 2. The Morgan fingerprint density at radius 2 is 1.91 bits per heavy atom. The fourth-order valence-corrected chi connectivity index (χ4v) is 3.08. The Labute approximate surface area is 138 Å². The lowest BCUT2D eigenvalue weighted by atomic mass is 10.1. The molecule has 0 bridgehead atoms. The van der Waals surface area contributed by atoms with Crippen molar-refractivity contribution in [1.29, 1.82) is 0 Å². The topological polar surface area (TPSA) is 67.7 Å². The number of rotatable bonds is 3. The molecule has 2 N–H and O–H groups in total. The van der Waals surface area contributed by atoms with Crippen molar-refractivity contribution < 1.29 is 0 Å². The Morgan fingerprint density at radius 3 is 2.70 bits per heavy atom. The minimum absolute atomic E-state index is 0.395. The quantitative estimate of drug-likeness (QED) is 0.773. The highest BCUT2D eigenvalue weighted by atomic mass is 35.5. The molecule has 0 atom stereocenters. The minimum atomic E-state index is 0.395. The molecule has 0 amide bonds. The number of hydrogen-bond donors (Lipinski definition) is 2. The van der Waals surface area contributed by atoms with Crippen LogP contribution in [0.1, 0.15) is 18.9 Å². The van der Waals surface area contributed by atoms with Gasteiger partial charge >= 0.3 is 0 Å². The number of piperidine rings is 1. The summed E-state index contributed by atoms with van der Waals surface area (Å²) in [6.07, 6.45) is 5.57. The zero-order valence-electron chi connectivity index (χ0n) is 12.5. The van der Waals surface area contributed by atoms with Crippen molar-refractivity contribution in [2.75, 3.05) is 18.4 Å². The van der Waals surface area contributed by atoms with E-state index in [0.717, 1.165) is 48.5 Å². The van der Waals surface area contributed by atoms with Crippen molar-refractivity contribution in [3.05, 3.63) is 41.8 Å². The maximum absolute atomic E-state index is 5.93. The molecular weight excluding hydrogens is 312 g/mol. The molecule has 3 heterocycles. The molecule has 1 aliphatic rings. The predicted octanol–water partition coefficient (Wildman–Crippen LogP) is 3.15. The van der Waals surface area contributed by atoms with Gasteiger partial charge in [0.25, 0.3) is 0 Å². The first-order chi connectivity index (χ1) is 11.3. The van der Waals surface area contributed by atoms with E-state index < -0.39 is 0 Å². The van der Waals surface area contributed by atoms with Crippen LogP contribution in [0.4, 0.5) is 11.5 Å². The monoisotopic (exact) mass is 328 g/mol. The maximum Gasteiger partial charge on any atom is 0.163 e. The van der Waals surface area contributed by atoms with E-state index in [9.17, 15) is 0 Å². The second-order valence-corrected chi connectivity index (χ2v) is 6.10. The summed E-state index contributed by atoms with van der Waals surface area (Å²) in [5.41, 5.74) is 1.81. The van der Waals surface area contributed by atoms with E-state index in [1.807, 2.05) is 35.1 Å². The van der Waals surface area contributed by atoms with Crippen LogP contribution < -0.4 is 10.6 Å².